The van der Waals surface area contributed by atoms with Gasteiger partial charge < -0.3 is 5.32 Å². The summed E-state index contributed by atoms with van der Waals surface area (Å²) < 4.78 is 13.5. The molecule has 130 valence electrons. The van der Waals surface area contributed by atoms with Crippen LogP contribution in [0, 0.1) is 12.7 Å². The van der Waals surface area contributed by atoms with Gasteiger partial charge in [0.1, 0.15) is 17.5 Å². The molecular formula is C19H21FN4O. The highest BCUT2D eigenvalue weighted by atomic mass is 19.1. The Morgan fingerprint density at radius 2 is 2.20 bits per heavy atom. The molecule has 1 amide bonds. The number of amides is 1. The van der Waals surface area contributed by atoms with Crippen LogP contribution in [0.15, 0.2) is 24.3 Å². The zero-order chi connectivity index (χ0) is 17.4. The van der Waals surface area contributed by atoms with Gasteiger partial charge in [0.15, 0.2) is 0 Å². The Hall–Kier alpha value is -2.34. The second kappa shape index (κ2) is 6.52. The van der Waals surface area contributed by atoms with Crippen LogP contribution in [0.25, 0.3) is 0 Å². The van der Waals surface area contributed by atoms with Crippen LogP contribution < -0.4 is 10.2 Å². The number of nitrogens with one attached hydrogen (secondary N) is 1. The van der Waals surface area contributed by atoms with Crippen molar-refractivity contribution in [3.8, 4) is 0 Å². The van der Waals surface area contributed by atoms with Gasteiger partial charge in [0.25, 0.3) is 0 Å². The number of hydrogen-bond donors (Lipinski definition) is 1. The van der Waals surface area contributed by atoms with Crippen molar-refractivity contribution in [3.63, 3.8) is 0 Å². The molecule has 0 radical (unpaired) electrons. The molecular weight excluding hydrogens is 319 g/mol. The number of carbonyl (C=O) groups excluding carboxylic acids is 1. The first kappa shape index (κ1) is 16.1. The first-order valence-electron chi connectivity index (χ1n) is 8.75. The molecule has 2 aromatic rings. The van der Waals surface area contributed by atoms with Gasteiger partial charge in [0, 0.05) is 30.1 Å². The molecule has 1 N–H and O–H groups in total. The predicted molar refractivity (Wildman–Crippen MR) is 92.9 cm³/mol. The molecule has 2 aliphatic rings. The van der Waals surface area contributed by atoms with Crippen LogP contribution in [0.2, 0.25) is 0 Å². The molecule has 0 bridgehead atoms. The molecule has 25 heavy (non-hydrogen) atoms. The van der Waals surface area contributed by atoms with Crippen molar-refractivity contribution in [2.24, 2.45) is 0 Å². The average molecular weight is 340 g/mol. The largest absolute Gasteiger partial charge is 0.316 e. The normalized spacial score (nSPS) is 20.0. The van der Waals surface area contributed by atoms with Crippen LogP contribution in [-0.4, -0.2) is 29.0 Å². The second-order valence-electron chi connectivity index (χ2n) is 6.77. The van der Waals surface area contributed by atoms with Gasteiger partial charge in [-0.3, -0.25) is 9.69 Å². The number of nitrogens with zero attached hydrogens (tertiary/aromatic N) is 3. The van der Waals surface area contributed by atoms with E-state index in [1.54, 1.807) is 11.0 Å². The minimum absolute atomic E-state index is 0.0327. The summed E-state index contributed by atoms with van der Waals surface area (Å²) in [6.45, 7) is 4.16. The summed E-state index contributed by atoms with van der Waals surface area (Å²) in [7, 11) is 0. The minimum Gasteiger partial charge on any atom is -0.316 e. The van der Waals surface area contributed by atoms with E-state index >= 15 is 0 Å². The fraction of sp³-hybridized carbons (Fsp3) is 0.421. The van der Waals surface area contributed by atoms with Crippen molar-refractivity contribution in [3.05, 3.63) is 52.7 Å². The highest BCUT2D eigenvalue weighted by Gasteiger charge is 2.30. The number of anilines is 1. The SMILES string of the molecule is Cc1nc(C2CCNC2)nc2c1CCC(=O)N2Cc1cccc(F)c1. The maximum absolute atomic E-state index is 13.5. The van der Waals surface area contributed by atoms with E-state index in [9.17, 15) is 9.18 Å². The summed E-state index contributed by atoms with van der Waals surface area (Å²) in [4.78, 5) is 23.7. The number of halogens is 1. The highest BCUT2D eigenvalue weighted by molar-refractivity contribution is 5.95. The third-order valence-corrected chi connectivity index (χ3v) is 5.01. The first-order valence-corrected chi connectivity index (χ1v) is 8.75. The fourth-order valence-electron chi connectivity index (χ4n) is 3.64. The van der Waals surface area contributed by atoms with E-state index in [0.717, 1.165) is 42.2 Å². The molecule has 5 nitrogen and oxygen atoms in total. The first-order chi connectivity index (χ1) is 12.1. The van der Waals surface area contributed by atoms with Crippen molar-refractivity contribution in [1.29, 1.82) is 0 Å². The Morgan fingerprint density at radius 1 is 1.32 bits per heavy atom. The molecule has 2 aliphatic heterocycles. The van der Waals surface area contributed by atoms with E-state index in [1.807, 2.05) is 13.0 Å². The molecule has 0 spiro atoms. The summed E-state index contributed by atoms with van der Waals surface area (Å²) in [6.07, 6.45) is 2.12. The van der Waals surface area contributed by atoms with E-state index in [0.29, 0.717) is 25.2 Å². The molecule has 1 saturated heterocycles. The van der Waals surface area contributed by atoms with E-state index < -0.39 is 0 Å². The monoisotopic (exact) mass is 340 g/mol. The van der Waals surface area contributed by atoms with Crippen molar-refractivity contribution in [2.45, 2.75) is 38.6 Å². The zero-order valence-electron chi connectivity index (χ0n) is 14.3. The van der Waals surface area contributed by atoms with Crippen molar-refractivity contribution < 1.29 is 9.18 Å². The summed E-state index contributed by atoms with van der Waals surface area (Å²) in [5.41, 5.74) is 2.75. The van der Waals surface area contributed by atoms with Crippen LogP contribution in [-0.2, 0) is 17.8 Å². The number of fused-ring (bicyclic) bond motifs is 1. The van der Waals surface area contributed by atoms with Gasteiger partial charge in [-0.15, -0.1) is 0 Å². The Balaban J connectivity index is 1.72. The quantitative estimate of drug-likeness (QED) is 0.933. The molecule has 0 aliphatic carbocycles. The van der Waals surface area contributed by atoms with Crippen LogP contribution in [0.5, 0.6) is 0 Å². The Bertz CT molecular complexity index is 817. The number of benzene rings is 1. The third-order valence-electron chi connectivity index (χ3n) is 5.01. The van der Waals surface area contributed by atoms with Gasteiger partial charge in [-0.25, -0.2) is 14.4 Å². The standard InChI is InChI=1S/C19H21FN4O/c1-12-16-5-6-17(25)24(11-13-3-2-4-15(20)9-13)19(16)23-18(22-12)14-7-8-21-10-14/h2-4,9,14,21H,5-8,10-11H2,1H3. The van der Waals surface area contributed by atoms with E-state index in [2.05, 4.69) is 5.32 Å². The summed E-state index contributed by atoms with van der Waals surface area (Å²) in [5, 5.41) is 3.33. The van der Waals surface area contributed by atoms with Crippen LogP contribution in [0.3, 0.4) is 0 Å². The lowest BCUT2D eigenvalue weighted by Gasteiger charge is -2.30. The fourth-order valence-corrected chi connectivity index (χ4v) is 3.64. The molecule has 3 heterocycles. The van der Waals surface area contributed by atoms with E-state index in [-0.39, 0.29) is 17.6 Å². The number of rotatable bonds is 3. The van der Waals surface area contributed by atoms with Gasteiger partial charge in [0.2, 0.25) is 5.91 Å². The molecule has 4 rings (SSSR count). The maximum atomic E-state index is 13.5. The predicted octanol–water partition coefficient (Wildman–Crippen LogP) is 2.48. The molecule has 1 aromatic heterocycles. The topological polar surface area (TPSA) is 58.1 Å². The van der Waals surface area contributed by atoms with Gasteiger partial charge in [-0.05, 0) is 44.0 Å². The molecule has 6 heteroatoms. The van der Waals surface area contributed by atoms with Gasteiger partial charge in [0.05, 0.1) is 6.54 Å². The smallest absolute Gasteiger partial charge is 0.228 e. The van der Waals surface area contributed by atoms with Crippen molar-refractivity contribution in [2.75, 3.05) is 18.0 Å². The van der Waals surface area contributed by atoms with Crippen molar-refractivity contribution >= 4 is 11.7 Å². The molecule has 1 aromatic carbocycles. The number of hydrogen-bond acceptors (Lipinski definition) is 4. The Morgan fingerprint density at radius 3 is 2.96 bits per heavy atom. The average Bonchev–Trinajstić information content (AvgIpc) is 3.12. The molecule has 1 atom stereocenters. The summed E-state index contributed by atoms with van der Waals surface area (Å²) >= 11 is 0. The lowest BCUT2D eigenvalue weighted by molar-refractivity contribution is -0.119. The van der Waals surface area contributed by atoms with Gasteiger partial charge >= 0.3 is 0 Å². The summed E-state index contributed by atoms with van der Waals surface area (Å²) in [6, 6.07) is 6.38. The second-order valence-corrected chi connectivity index (χ2v) is 6.77. The van der Waals surface area contributed by atoms with Crippen molar-refractivity contribution in [1.82, 2.24) is 15.3 Å². The summed E-state index contributed by atoms with van der Waals surface area (Å²) in [5.74, 6) is 1.54. The van der Waals surface area contributed by atoms with E-state index in [1.165, 1.54) is 12.1 Å². The van der Waals surface area contributed by atoms with Gasteiger partial charge in [-0.2, -0.15) is 0 Å². The lowest BCUT2D eigenvalue weighted by atomic mass is 10.0. The minimum atomic E-state index is -0.293. The Labute approximate surface area is 146 Å². The van der Waals surface area contributed by atoms with Crippen LogP contribution in [0.1, 0.15) is 41.4 Å². The number of carbonyl (C=O) groups is 1. The highest BCUT2D eigenvalue weighted by Crippen LogP contribution is 2.31. The molecule has 1 fully saturated rings. The molecule has 0 saturated carbocycles. The third kappa shape index (κ3) is 3.14. The maximum Gasteiger partial charge on any atom is 0.228 e. The van der Waals surface area contributed by atoms with Gasteiger partial charge in [-0.1, -0.05) is 12.1 Å². The van der Waals surface area contributed by atoms with Crippen LogP contribution >= 0.6 is 0 Å². The number of aryl methyl sites for hydroxylation is 1. The number of aromatic nitrogens is 2. The van der Waals surface area contributed by atoms with Crippen LogP contribution in [0.4, 0.5) is 10.2 Å². The lowest BCUT2D eigenvalue weighted by Crippen LogP contribution is -2.36. The zero-order valence-corrected chi connectivity index (χ0v) is 14.3. The molecule has 1 unspecified atom stereocenters. The Kier molecular flexibility index (Phi) is 4.21. The van der Waals surface area contributed by atoms with E-state index in [4.69, 9.17) is 9.97 Å².